The van der Waals surface area contributed by atoms with Gasteiger partial charge in [0.2, 0.25) is 0 Å². The molecule has 76 valence electrons. The van der Waals surface area contributed by atoms with Crippen molar-refractivity contribution in [3.05, 3.63) is 27.7 Å². The maximum Gasteiger partial charge on any atom is 0.264 e. The molecule has 1 aromatic rings. The van der Waals surface area contributed by atoms with Crippen LogP contribution in [0.1, 0.15) is 42.9 Å². The fourth-order valence-corrected chi connectivity index (χ4v) is 2.17. The van der Waals surface area contributed by atoms with Gasteiger partial charge in [-0.3, -0.25) is 4.79 Å². The number of hydrogen-bond acceptors (Lipinski definition) is 3. The van der Waals surface area contributed by atoms with E-state index in [1.807, 2.05) is 0 Å². The third-order valence-corrected chi connectivity index (χ3v) is 2.88. The molecule has 0 spiro atoms. The van der Waals surface area contributed by atoms with Crippen LogP contribution in [0.4, 0.5) is 0 Å². The van der Waals surface area contributed by atoms with E-state index in [0.29, 0.717) is 12.5 Å². The van der Waals surface area contributed by atoms with Crippen molar-refractivity contribution in [1.82, 2.24) is 10.2 Å². The lowest BCUT2D eigenvalue weighted by molar-refractivity contribution is 0.663. The summed E-state index contributed by atoms with van der Waals surface area (Å²) in [4.78, 5) is 11.0. The molecule has 0 unspecified atom stereocenters. The van der Waals surface area contributed by atoms with Gasteiger partial charge in [-0.15, -0.1) is 0 Å². The van der Waals surface area contributed by atoms with Crippen molar-refractivity contribution < 1.29 is 0 Å². The molecule has 0 bridgehead atoms. The number of nitrogens with one attached hydrogen (secondary N) is 1. The highest BCUT2D eigenvalue weighted by Gasteiger charge is 2.21. The van der Waals surface area contributed by atoms with Crippen molar-refractivity contribution in [3.8, 4) is 0 Å². The fraction of sp³-hybridized carbons (Fsp3) is 0.600. The normalized spacial score (nSPS) is 17.5. The summed E-state index contributed by atoms with van der Waals surface area (Å²) in [7, 11) is 0. The van der Waals surface area contributed by atoms with Crippen LogP contribution in [-0.4, -0.2) is 10.2 Å². The zero-order chi connectivity index (χ0) is 9.97. The van der Waals surface area contributed by atoms with Gasteiger partial charge < -0.3 is 5.73 Å². The number of nitrogens with two attached hydrogens (primary N) is 1. The second-order valence-corrected chi connectivity index (χ2v) is 3.83. The van der Waals surface area contributed by atoms with E-state index >= 15 is 0 Å². The second kappa shape index (κ2) is 3.92. The molecule has 3 N–H and O–H groups in total. The molecule has 0 amide bonds. The Labute approximate surface area is 82.5 Å². The van der Waals surface area contributed by atoms with Crippen molar-refractivity contribution in [3.63, 3.8) is 0 Å². The smallest absolute Gasteiger partial charge is 0.264 e. The van der Waals surface area contributed by atoms with E-state index in [9.17, 15) is 4.79 Å². The molecule has 4 nitrogen and oxygen atoms in total. The molecule has 0 atom stereocenters. The van der Waals surface area contributed by atoms with Gasteiger partial charge >= 0.3 is 0 Å². The van der Waals surface area contributed by atoms with Crippen LogP contribution < -0.4 is 11.3 Å². The van der Waals surface area contributed by atoms with E-state index in [-0.39, 0.29) is 5.56 Å². The van der Waals surface area contributed by atoms with Gasteiger partial charge in [0.1, 0.15) is 0 Å². The van der Waals surface area contributed by atoms with Gasteiger partial charge in [0.25, 0.3) is 5.56 Å². The van der Waals surface area contributed by atoms with Crippen molar-refractivity contribution in [1.29, 1.82) is 0 Å². The highest BCUT2D eigenvalue weighted by atomic mass is 16.1. The molecular formula is C10H15N3O. The van der Waals surface area contributed by atoms with Gasteiger partial charge in [-0.25, -0.2) is 5.10 Å². The maximum atomic E-state index is 11.0. The lowest BCUT2D eigenvalue weighted by Gasteiger charge is -2.11. The molecular weight excluding hydrogens is 178 g/mol. The molecule has 4 heteroatoms. The Morgan fingerprint density at radius 2 is 2.21 bits per heavy atom. The average Bonchev–Trinajstić information content (AvgIpc) is 2.70. The molecule has 1 aliphatic rings. The number of rotatable bonds is 2. The van der Waals surface area contributed by atoms with Crippen LogP contribution in [0.15, 0.2) is 10.9 Å². The quantitative estimate of drug-likeness (QED) is 0.732. The lowest BCUT2D eigenvalue weighted by Crippen LogP contribution is -2.16. The minimum atomic E-state index is -0.160. The van der Waals surface area contributed by atoms with Gasteiger partial charge in [-0.2, -0.15) is 5.10 Å². The molecule has 1 fully saturated rings. The minimum absolute atomic E-state index is 0.160. The predicted octanol–water partition coefficient (Wildman–Crippen LogP) is 0.886. The summed E-state index contributed by atoms with van der Waals surface area (Å²) < 4.78 is 0. The van der Waals surface area contributed by atoms with Crippen molar-refractivity contribution in [2.24, 2.45) is 5.73 Å². The third kappa shape index (κ3) is 1.70. The molecule has 14 heavy (non-hydrogen) atoms. The van der Waals surface area contributed by atoms with E-state index in [0.717, 1.165) is 11.3 Å². The van der Waals surface area contributed by atoms with Crippen LogP contribution in [0.25, 0.3) is 0 Å². The molecule has 2 rings (SSSR count). The molecule has 0 saturated heterocycles. The Morgan fingerprint density at radius 3 is 2.86 bits per heavy atom. The van der Waals surface area contributed by atoms with Crippen LogP contribution in [0, 0.1) is 0 Å². The van der Waals surface area contributed by atoms with Crippen LogP contribution in [0.3, 0.4) is 0 Å². The topological polar surface area (TPSA) is 71.8 Å². The van der Waals surface area contributed by atoms with Crippen LogP contribution >= 0.6 is 0 Å². The van der Waals surface area contributed by atoms with E-state index in [1.54, 1.807) is 6.07 Å². The SMILES string of the molecule is NCc1cc(=O)[nH]nc1C1CCCC1. The summed E-state index contributed by atoms with van der Waals surface area (Å²) in [5.74, 6) is 0.505. The number of hydrogen-bond donors (Lipinski definition) is 2. The van der Waals surface area contributed by atoms with E-state index < -0.39 is 0 Å². The Kier molecular flexibility index (Phi) is 2.63. The number of nitrogens with zero attached hydrogens (tertiary/aromatic N) is 1. The van der Waals surface area contributed by atoms with E-state index in [4.69, 9.17) is 5.73 Å². The second-order valence-electron chi connectivity index (χ2n) is 3.83. The third-order valence-electron chi connectivity index (χ3n) is 2.88. The van der Waals surface area contributed by atoms with Gasteiger partial charge in [0.15, 0.2) is 0 Å². The van der Waals surface area contributed by atoms with E-state index in [1.165, 1.54) is 25.7 Å². The van der Waals surface area contributed by atoms with Crippen LogP contribution in [0.2, 0.25) is 0 Å². The summed E-state index contributed by atoms with van der Waals surface area (Å²) in [6, 6.07) is 1.57. The summed E-state index contributed by atoms with van der Waals surface area (Å²) in [6.45, 7) is 0.406. The van der Waals surface area contributed by atoms with Gasteiger partial charge in [0, 0.05) is 18.5 Å². The van der Waals surface area contributed by atoms with Gasteiger partial charge in [-0.1, -0.05) is 12.8 Å². The molecule has 1 aromatic heterocycles. The lowest BCUT2D eigenvalue weighted by atomic mass is 9.99. The number of H-pyrrole nitrogens is 1. The Bertz CT molecular complexity index is 366. The molecule has 1 heterocycles. The zero-order valence-electron chi connectivity index (χ0n) is 8.12. The predicted molar refractivity (Wildman–Crippen MR) is 54.0 cm³/mol. The summed E-state index contributed by atoms with van der Waals surface area (Å²) in [5, 5.41) is 6.60. The van der Waals surface area contributed by atoms with Crippen LogP contribution in [0.5, 0.6) is 0 Å². The zero-order valence-corrected chi connectivity index (χ0v) is 8.12. The van der Waals surface area contributed by atoms with Crippen molar-refractivity contribution >= 4 is 0 Å². The summed E-state index contributed by atoms with van der Waals surface area (Å²) in [5.41, 5.74) is 7.34. The Hall–Kier alpha value is -1.16. The van der Waals surface area contributed by atoms with Crippen LogP contribution in [-0.2, 0) is 6.54 Å². The molecule has 0 aromatic carbocycles. The first-order valence-electron chi connectivity index (χ1n) is 5.10. The van der Waals surface area contributed by atoms with Gasteiger partial charge in [0.05, 0.1) is 5.69 Å². The standard InChI is InChI=1S/C10H15N3O/c11-6-8-5-9(14)12-13-10(8)7-3-1-2-4-7/h5,7H,1-4,6,11H2,(H,12,14). The van der Waals surface area contributed by atoms with Gasteiger partial charge in [-0.05, 0) is 18.4 Å². The minimum Gasteiger partial charge on any atom is -0.326 e. The Morgan fingerprint density at radius 1 is 1.50 bits per heavy atom. The monoisotopic (exact) mass is 193 g/mol. The van der Waals surface area contributed by atoms with Crippen molar-refractivity contribution in [2.75, 3.05) is 0 Å². The Balaban J connectivity index is 2.35. The number of aromatic amines is 1. The number of aromatic nitrogens is 2. The average molecular weight is 193 g/mol. The first-order valence-corrected chi connectivity index (χ1v) is 5.10. The highest BCUT2D eigenvalue weighted by molar-refractivity contribution is 5.21. The molecule has 0 radical (unpaired) electrons. The first kappa shape index (κ1) is 9.40. The summed E-state index contributed by atoms with van der Waals surface area (Å²) in [6.07, 6.45) is 4.86. The molecule has 1 saturated carbocycles. The molecule has 0 aliphatic heterocycles. The first-order chi connectivity index (χ1) is 6.81. The fourth-order valence-electron chi connectivity index (χ4n) is 2.17. The summed E-state index contributed by atoms with van der Waals surface area (Å²) >= 11 is 0. The highest BCUT2D eigenvalue weighted by Crippen LogP contribution is 2.33. The largest absolute Gasteiger partial charge is 0.326 e. The van der Waals surface area contributed by atoms with E-state index in [2.05, 4.69) is 10.2 Å². The molecule has 1 aliphatic carbocycles. The van der Waals surface area contributed by atoms with Crippen molar-refractivity contribution in [2.45, 2.75) is 38.1 Å². The maximum absolute atomic E-state index is 11.0.